The molecule has 0 radical (unpaired) electrons. The Morgan fingerprint density at radius 1 is 1.31 bits per heavy atom. The fourth-order valence-electron chi connectivity index (χ4n) is 2.54. The van der Waals surface area contributed by atoms with Gasteiger partial charge in [-0.1, -0.05) is 12.2 Å². The van der Waals surface area contributed by atoms with Crippen molar-refractivity contribution < 1.29 is 14.3 Å². The monoisotopic (exact) mass is 182 g/mol. The van der Waals surface area contributed by atoms with Gasteiger partial charge in [0.15, 0.2) is 0 Å². The molecule has 2 rings (SSSR count). The van der Waals surface area contributed by atoms with Crippen molar-refractivity contribution in [2.75, 3.05) is 14.2 Å². The highest BCUT2D eigenvalue weighted by Gasteiger charge is 2.49. The minimum absolute atomic E-state index is 0.0300. The maximum absolute atomic E-state index is 11.4. The van der Waals surface area contributed by atoms with Crippen LogP contribution < -0.4 is 0 Å². The van der Waals surface area contributed by atoms with Crippen LogP contribution in [-0.4, -0.2) is 26.3 Å². The fourth-order valence-corrected chi connectivity index (χ4v) is 2.54. The number of carbonyl (C=O) groups excluding carboxylic acids is 1. The van der Waals surface area contributed by atoms with Gasteiger partial charge in [0.05, 0.1) is 19.1 Å². The normalized spacial score (nSPS) is 41.1. The quantitative estimate of drug-likeness (QED) is 0.472. The van der Waals surface area contributed by atoms with E-state index in [-0.39, 0.29) is 18.0 Å². The molecule has 2 bridgehead atoms. The summed E-state index contributed by atoms with van der Waals surface area (Å²) in [5.74, 6) is 0.537. The number of carbonyl (C=O) groups is 1. The molecule has 0 spiro atoms. The first kappa shape index (κ1) is 8.75. The number of rotatable bonds is 2. The second kappa shape index (κ2) is 3.14. The highest BCUT2D eigenvalue weighted by Crippen LogP contribution is 2.45. The van der Waals surface area contributed by atoms with Crippen molar-refractivity contribution >= 4 is 5.97 Å². The van der Waals surface area contributed by atoms with Crippen molar-refractivity contribution in [2.24, 2.45) is 17.8 Å². The van der Waals surface area contributed by atoms with Gasteiger partial charge >= 0.3 is 5.97 Å². The third kappa shape index (κ3) is 1.18. The van der Waals surface area contributed by atoms with Crippen LogP contribution in [0.25, 0.3) is 0 Å². The van der Waals surface area contributed by atoms with Crippen LogP contribution in [-0.2, 0) is 14.3 Å². The summed E-state index contributed by atoms with van der Waals surface area (Å²) in [4.78, 5) is 11.4. The fraction of sp³-hybridized carbons (Fsp3) is 0.700. The van der Waals surface area contributed by atoms with E-state index in [0.29, 0.717) is 11.8 Å². The van der Waals surface area contributed by atoms with E-state index in [0.717, 1.165) is 6.42 Å². The summed E-state index contributed by atoms with van der Waals surface area (Å²) in [6.45, 7) is 0. The maximum atomic E-state index is 11.4. The molecule has 0 aromatic heterocycles. The summed E-state index contributed by atoms with van der Waals surface area (Å²) < 4.78 is 10.1. The number of methoxy groups -OCH3 is 2. The van der Waals surface area contributed by atoms with Gasteiger partial charge in [-0.15, -0.1) is 0 Å². The Hall–Kier alpha value is -0.830. The Kier molecular flexibility index (Phi) is 2.12. The number of esters is 1. The van der Waals surface area contributed by atoms with Gasteiger partial charge in [0, 0.05) is 13.0 Å². The number of ether oxygens (including phenoxy) is 2. The topological polar surface area (TPSA) is 35.5 Å². The lowest BCUT2D eigenvalue weighted by Crippen LogP contribution is -2.34. The molecule has 3 heteroatoms. The van der Waals surface area contributed by atoms with Gasteiger partial charge in [0.1, 0.15) is 0 Å². The van der Waals surface area contributed by atoms with Crippen molar-refractivity contribution in [1.29, 1.82) is 0 Å². The summed E-state index contributed by atoms with van der Waals surface area (Å²) in [5.41, 5.74) is 0. The van der Waals surface area contributed by atoms with E-state index in [9.17, 15) is 4.79 Å². The molecule has 1 fully saturated rings. The minimum Gasteiger partial charge on any atom is -0.469 e. The van der Waals surface area contributed by atoms with Gasteiger partial charge in [0.25, 0.3) is 0 Å². The zero-order valence-electron chi connectivity index (χ0n) is 7.90. The van der Waals surface area contributed by atoms with E-state index in [4.69, 9.17) is 9.47 Å². The molecule has 2 aliphatic rings. The third-order valence-electron chi connectivity index (χ3n) is 3.13. The van der Waals surface area contributed by atoms with Crippen molar-refractivity contribution in [2.45, 2.75) is 12.5 Å². The molecule has 0 aromatic carbocycles. The minimum atomic E-state index is -0.135. The van der Waals surface area contributed by atoms with E-state index >= 15 is 0 Å². The molecule has 0 N–H and O–H groups in total. The Morgan fingerprint density at radius 2 is 2.00 bits per heavy atom. The van der Waals surface area contributed by atoms with Crippen molar-refractivity contribution in [1.82, 2.24) is 0 Å². The predicted molar refractivity (Wildman–Crippen MR) is 47.0 cm³/mol. The van der Waals surface area contributed by atoms with Crippen LogP contribution in [0.1, 0.15) is 6.42 Å². The summed E-state index contributed by atoms with van der Waals surface area (Å²) in [5, 5.41) is 0. The Morgan fingerprint density at radius 3 is 2.62 bits per heavy atom. The summed E-state index contributed by atoms with van der Waals surface area (Å²) in [7, 11) is 3.10. The molecule has 0 saturated heterocycles. The molecule has 0 aliphatic heterocycles. The largest absolute Gasteiger partial charge is 0.469 e. The van der Waals surface area contributed by atoms with Gasteiger partial charge in [-0.25, -0.2) is 0 Å². The van der Waals surface area contributed by atoms with Crippen LogP contribution in [0.2, 0.25) is 0 Å². The van der Waals surface area contributed by atoms with Crippen LogP contribution in [0, 0.1) is 17.8 Å². The predicted octanol–water partition coefficient (Wildman–Crippen LogP) is 0.996. The molecule has 0 amide bonds. The first-order valence-electron chi connectivity index (χ1n) is 4.57. The van der Waals surface area contributed by atoms with Crippen LogP contribution in [0.15, 0.2) is 12.2 Å². The first-order chi connectivity index (χ1) is 6.27. The smallest absolute Gasteiger partial charge is 0.311 e. The lowest BCUT2D eigenvalue weighted by Gasteiger charge is -2.24. The van der Waals surface area contributed by atoms with Gasteiger partial charge in [-0.3, -0.25) is 4.79 Å². The molecule has 13 heavy (non-hydrogen) atoms. The molecule has 2 aliphatic carbocycles. The Balaban J connectivity index is 2.18. The second-order valence-corrected chi connectivity index (χ2v) is 3.70. The summed E-state index contributed by atoms with van der Waals surface area (Å²) >= 11 is 0. The van der Waals surface area contributed by atoms with E-state index in [1.807, 2.05) is 0 Å². The number of allylic oxidation sites excluding steroid dienone is 1. The lowest BCUT2D eigenvalue weighted by molar-refractivity contribution is -0.151. The highest BCUT2D eigenvalue weighted by molar-refractivity contribution is 5.74. The average Bonchev–Trinajstić information content (AvgIpc) is 2.74. The molecule has 0 aromatic rings. The first-order valence-corrected chi connectivity index (χ1v) is 4.57. The molecule has 4 atom stereocenters. The van der Waals surface area contributed by atoms with Gasteiger partial charge in [-0.05, 0) is 12.3 Å². The zero-order chi connectivity index (χ0) is 9.42. The van der Waals surface area contributed by atoms with Crippen LogP contribution in [0.5, 0.6) is 0 Å². The Bertz CT molecular complexity index is 247. The molecule has 3 nitrogen and oxygen atoms in total. The van der Waals surface area contributed by atoms with Crippen molar-refractivity contribution in [3.63, 3.8) is 0 Å². The molecule has 0 unspecified atom stereocenters. The SMILES string of the molecule is COC(=O)[C@@H]1[C@@H](OC)[C@@H]2C=C[C@H]1C2. The van der Waals surface area contributed by atoms with Gasteiger partial charge in [0.2, 0.25) is 0 Å². The van der Waals surface area contributed by atoms with Crippen LogP contribution >= 0.6 is 0 Å². The molecular formula is C10H14O3. The summed E-state index contributed by atoms with van der Waals surface area (Å²) in [6.07, 6.45) is 5.33. The van der Waals surface area contributed by atoms with E-state index in [1.165, 1.54) is 7.11 Å². The van der Waals surface area contributed by atoms with E-state index < -0.39 is 0 Å². The number of fused-ring (bicyclic) bond motifs is 2. The zero-order valence-corrected chi connectivity index (χ0v) is 7.90. The lowest BCUT2D eigenvalue weighted by atomic mass is 9.91. The van der Waals surface area contributed by atoms with Gasteiger partial charge < -0.3 is 9.47 Å². The highest BCUT2D eigenvalue weighted by atomic mass is 16.5. The maximum Gasteiger partial charge on any atom is 0.311 e. The van der Waals surface area contributed by atoms with E-state index in [2.05, 4.69) is 12.2 Å². The standard InChI is InChI=1S/C10H14O3/c1-12-9-7-4-3-6(5-7)8(9)10(11)13-2/h3-4,6-9H,5H2,1-2H3/t6-,7+,8-,9-/m0/s1. The third-order valence-corrected chi connectivity index (χ3v) is 3.13. The molecular weight excluding hydrogens is 168 g/mol. The molecule has 1 saturated carbocycles. The molecule has 0 heterocycles. The van der Waals surface area contributed by atoms with Crippen molar-refractivity contribution in [3.05, 3.63) is 12.2 Å². The van der Waals surface area contributed by atoms with Crippen molar-refractivity contribution in [3.8, 4) is 0 Å². The average molecular weight is 182 g/mol. The number of hydrogen-bond acceptors (Lipinski definition) is 3. The number of hydrogen-bond donors (Lipinski definition) is 0. The van der Waals surface area contributed by atoms with Crippen LogP contribution in [0.3, 0.4) is 0 Å². The van der Waals surface area contributed by atoms with E-state index in [1.54, 1.807) is 7.11 Å². The molecule has 72 valence electrons. The van der Waals surface area contributed by atoms with Gasteiger partial charge in [-0.2, -0.15) is 0 Å². The van der Waals surface area contributed by atoms with Crippen LogP contribution in [0.4, 0.5) is 0 Å². The summed E-state index contributed by atoms with van der Waals surface area (Å²) in [6, 6.07) is 0. The second-order valence-electron chi connectivity index (χ2n) is 3.70. The Labute approximate surface area is 77.7 Å².